The summed E-state index contributed by atoms with van der Waals surface area (Å²) in [4.78, 5) is 19.4. The van der Waals surface area contributed by atoms with Gasteiger partial charge in [0.1, 0.15) is 5.52 Å². The highest BCUT2D eigenvalue weighted by Gasteiger charge is 2.23. The first-order valence-electron chi connectivity index (χ1n) is 11.1. The minimum atomic E-state index is 0.0364. The van der Waals surface area contributed by atoms with E-state index in [9.17, 15) is 4.79 Å². The molecule has 1 saturated heterocycles. The van der Waals surface area contributed by atoms with Crippen molar-refractivity contribution in [3.8, 4) is 0 Å². The number of piperidine rings is 1. The smallest absolute Gasteiger partial charge is 0.267 e. The van der Waals surface area contributed by atoms with Crippen LogP contribution in [0.5, 0.6) is 0 Å². The SMILES string of the molecule is Cc1cc2c(NCC3CCCCN3CCn3nc4c(cc3=O)CCC4)nccn2n1. The van der Waals surface area contributed by atoms with Gasteiger partial charge in [0.05, 0.1) is 17.9 Å². The van der Waals surface area contributed by atoms with Crippen molar-refractivity contribution in [3.63, 3.8) is 0 Å². The first-order chi connectivity index (χ1) is 14.7. The van der Waals surface area contributed by atoms with E-state index in [-0.39, 0.29) is 5.56 Å². The van der Waals surface area contributed by atoms with Gasteiger partial charge in [0, 0.05) is 37.6 Å². The van der Waals surface area contributed by atoms with E-state index in [0.29, 0.717) is 12.6 Å². The predicted octanol–water partition coefficient (Wildman–Crippen LogP) is 2.05. The second kappa shape index (κ2) is 8.18. The van der Waals surface area contributed by atoms with Crippen LogP contribution in [0.25, 0.3) is 5.52 Å². The van der Waals surface area contributed by atoms with Crippen molar-refractivity contribution in [2.24, 2.45) is 0 Å². The molecule has 0 amide bonds. The Morgan fingerprint density at radius 3 is 3.00 bits per heavy atom. The van der Waals surface area contributed by atoms with Crippen LogP contribution in [0.3, 0.4) is 0 Å². The summed E-state index contributed by atoms with van der Waals surface area (Å²) in [6.45, 7) is 5.40. The first kappa shape index (κ1) is 19.2. The minimum absolute atomic E-state index is 0.0364. The van der Waals surface area contributed by atoms with E-state index in [4.69, 9.17) is 0 Å². The number of fused-ring (bicyclic) bond motifs is 2. The van der Waals surface area contributed by atoms with Crippen molar-refractivity contribution in [2.75, 3.05) is 25.0 Å². The van der Waals surface area contributed by atoms with E-state index >= 15 is 0 Å². The highest BCUT2D eigenvalue weighted by molar-refractivity contribution is 5.67. The van der Waals surface area contributed by atoms with Crippen LogP contribution in [0.1, 0.15) is 42.6 Å². The molecule has 8 nitrogen and oxygen atoms in total. The summed E-state index contributed by atoms with van der Waals surface area (Å²) >= 11 is 0. The average Bonchev–Trinajstić information content (AvgIpc) is 3.36. The molecule has 3 aromatic rings. The van der Waals surface area contributed by atoms with Gasteiger partial charge in [-0.1, -0.05) is 6.42 Å². The van der Waals surface area contributed by atoms with Crippen LogP contribution >= 0.6 is 0 Å². The largest absolute Gasteiger partial charge is 0.367 e. The third-order valence-corrected chi connectivity index (χ3v) is 6.39. The topological polar surface area (TPSA) is 80.4 Å². The number of likely N-dealkylation sites (tertiary alicyclic amines) is 1. The lowest BCUT2D eigenvalue weighted by Gasteiger charge is -2.36. The summed E-state index contributed by atoms with van der Waals surface area (Å²) < 4.78 is 3.54. The molecule has 1 atom stereocenters. The van der Waals surface area contributed by atoms with Gasteiger partial charge in [0.15, 0.2) is 5.82 Å². The van der Waals surface area contributed by atoms with Crippen LogP contribution in [0.4, 0.5) is 5.82 Å². The second-order valence-electron chi connectivity index (χ2n) is 8.49. The van der Waals surface area contributed by atoms with E-state index in [1.54, 1.807) is 16.9 Å². The van der Waals surface area contributed by atoms with Gasteiger partial charge in [-0.2, -0.15) is 10.2 Å². The Balaban J connectivity index is 1.25. The number of aromatic nitrogens is 5. The van der Waals surface area contributed by atoms with Crippen molar-refractivity contribution in [1.29, 1.82) is 0 Å². The maximum Gasteiger partial charge on any atom is 0.267 e. The fraction of sp³-hybridized carbons (Fsp3) is 0.545. The molecular formula is C22H29N7O. The van der Waals surface area contributed by atoms with Gasteiger partial charge in [0.2, 0.25) is 0 Å². The van der Waals surface area contributed by atoms with E-state index in [0.717, 1.165) is 73.6 Å². The molecule has 0 radical (unpaired) electrons. The predicted molar refractivity (Wildman–Crippen MR) is 116 cm³/mol. The Morgan fingerprint density at radius 2 is 2.07 bits per heavy atom. The zero-order chi connectivity index (χ0) is 20.5. The molecule has 4 heterocycles. The monoisotopic (exact) mass is 407 g/mol. The Morgan fingerprint density at radius 1 is 1.13 bits per heavy atom. The molecule has 1 aliphatic carbocycles. The van der Waals surface area contributed by atoms with Gasteiger partial charge in [-0.05, 0) is 57.2 Å². The van der Waals surface area contributed by atoms with Crippen molar-refractivity contribution < 1.29 is 0 Å². The number of aryl methyl sites for hydroxylation is 3. The minimum Gasteiger partial charge on any atom is -0.367 e. The fourth-order valence-electron chi connectivity index (χ4n) is 4.80. The number of hydrogen-bond donors (Lipinski definition) is 1. The number of anilines is 1. The summed E-state index contributed by atoms with van der Waals surface area (Å²) in [5, 5.41) is 12.6. The standard InChI is InChI=1S/C22H29N7O/c1-16-13-20-22(23-8-10-28(20)25-16)24-15-18-6-2-3-9-27(18)11-12-29-21(30)14-17-5-4-7-19(17)26-29/h8,10,13-14,18H,2-7,9,11-12,15H2,1H3,(H,23,24). The van der Waals surface area contributed by atoms with Gasteiger partial charge in [0.25, 0.3) is 5.56 Å². The van der Waals surface area contributed by atoms with E-state index in [1.165, 1.54) is 12.8 Å². The van der Waals surface area contributed by atoms with E-state index < -0.39 is 0 Å². The molecule has 1 aliphatic heterocycles. The molecule has 8 heteroatoms. The summed E-state index contributed by atoms with van der Waals surface area (Å²) in [6, 6.07) is 4.28. The number of nitrogens with zero attached hydrogens (tertiary/aromatic N) is 6. The van der Waals surface area contributed by atoms with Crippen molar-refractivity contribution in [2.45, 2.75) is 58.0 Å². The average molecular weight is 408 g/mol. The maximum absolute atomic E-state index is 12.4. The fourth-order valence-corrected chi connectivity index (χ4v) is 4.80. The molecule has 0 aromatic carbocycles. The summed E-state index contributed by atoms with van der Waals surface area (Å²) in [6.07, 6.45) is 10.4. The van der Waals surface area contributed by atoms with Crippen LogP contribution in [0.2, 0.25) is 0 Å². The molecule has 158 valence electrons. The van der Waals surface area contributed by atoms with Crippen LogP contribution in [0.15, 0.2) is 29.3 Å². The zero-order valence-corrected chi connectivity index (χ0v) is 17.5. The summed E-state index contributed by atoms with van der Waals surface area (Å²) in [5.74, 6) is 0.875. The third-order valence-electron chi connectivity index (χ3n) is 6.39. The molecule has 3 aromatic heterocycles. The molecule has 2 aliphatic rings. The Kier molecular flexibility index (Phi) is 5.25. The number of hydrogen-bond acceptors (Lipinski definition) is 6. The van der Waals surface area contributed by atoms with Crippen LogP contribution < -0.4 is 10.9 Å². The zero-order valence-electron chi connectivity index (χ0n) is 17.5. The normalized spacial score (nSPS) is 19.3. The summed E-state index contributed by atoms with van der Waals surface area (Å²) in [5.41, 5.74) is 4.29. The number of nitrogens with one attached hydrogen (secondary N) is 1. The van der Waals surface area contributed by atoms with E-state index in [1.807, 2.05) is 17.6 Å². The number of rotatable bonds is 6. The first-order valence-corrected chi connectivity index (χ1v) is 11.1. The van der Waals surface area contributed by atoms with Crippen molar-refractivity contribution in [1.82, 2.24) is 29.3 Å². The molecule has 1 N–H and O–H groups in total. The Bertz CT molecular complexity index is 1100. The molecule has 0 saturated carbocycles. The molecule has 1 unspecified atom stereocenters. The molecule has 1 fully saturated rings. The van der Waals surface area contributed by atoms with Gasteiger partial charge in [-0.3, -0.25) is 9.69 Å². The van der Waals surface area contributed by atoms with Crippen molar-refractivity contribution in [3.05, 3.63) is 51.8 Å². The lowest BCUT2D eigenvalue weighted by atomic mass is 10.0. The third kappa shape index (κ3) is 3.84. The highest BCUT2D eigenvalue weighted by Crippen LogP contribution is 2.20. The Labute approximate surface area is 175 Å². The quantitative estimate of drug-likeness (QED) is 0.674. The van der Waals surface area contributed by atoms with Crippen molar-refractivity contribution >= 4 is 11.3 Å². The van der Waals surface area contributed by atoms with Gasteiger partial charge in [-0.25, -0.2) is 14.2 Å². The molecular weight excluding hydrogens is 378 g/mol. The van der Waals surface area contributed by atoms with E-state index in [2.05, 4.69) is 31.5 Å². The van der Waals surface area contributed by atoms with Gasteiger partial charge >= 0.3 is 0 Å². The van der Waals surface area contributed by atoms with Crippen LogP contribution in [0, 0.1) is 6.92 Å². The van der Waals surface area contributed by atoms with Crippen LogP contribution in [-0.4, -0.2) is 55.0 Å². The molecule has 5 rings (SSSR count). The lowest BCUT2D eigenvalue weighted by molar-refractivity contribution is 0.148. The highest BCUT2D eigenvalue weighted by atomic mass is 16.1. The van der Waals surface area contributed by atoms with Crippen LogP contribution in [-0.2, 0) is 19.4 Å². The lowest BCUT2D eigenvalue weighted by Crippen LogP contribution is -2.45. The summed E-state index contributed by atoms with van der Waals surface area (Å²) in [7, 11) is 0. The molecule has 30 heavy (non-hydrogen) atoms. The molecule has 0 spiro atoms. The maximum atomic E-state index is 12.4. The molecule has 0 bridgehead atoms. The van der Waals surface area contributed by atoms with Gasteiger partial charge < -0.3 is 5.32 Å². The Hall–Kier alpha value is -2.74. The second-order valence-corrected chi connectivity index (χ2v) is 8.49. The van der Waals surface area contributed by atoms with Gasteiger partial charge in [-0.15, -0.1) is 0 Å².